The zero-order chi connectivity index (χ0) is 13.7. The van der Waals surface area contributed by atoms with E-state index >= 15 is 0 Å². The number of carbonyl (C=O) groups excluding carboxylic acids is 1. The van der Waals surface area contributed by atoms with E-state index in [0.717, 1.165) is 17.0 Å². The largest absolute Gasteiger partial charge is 0.497 e. The number of hydrogen-bond donors (Lipinski definition) is 2. The molecule has 1 aromatic heterocycles. The fourth-order valence-electron chi connectivity index (χ4n) is 1.82. The number of amides is 1. The average Bonchev–Trinajstić information content (AvgIpc) is 2.91. The molecule has 5 heteroatoms. The molecule has 1 unspecified atom stereocenters. The van der Waals surface area contributed by atoms with Gasteiger partial charge in [0.2, 0.25) is 5.91 Å². The number of nitrogens with zero attached hydrogens (tertiary/aromatic N) is 1. The van der Waals surface area contributed by atoms with Gasteiger partial charge in [0.1, 0.15) is 5.75 Å². The highest BCUT2D eigenvalue weighted by molar-refractivity contribution is 5.78. The molecular formula is C14H17N3O2. The van der Waals surface area contributed by atoms with Crippen LogP contribution in [0.4, 0.5) is 0 Å². The van der Waals surface area contributed by atoms with Gasteiger partial charge >= 0.3 is 0 Å². The Bertz CT molecular complexity index is 520. The van der Waals surface area contributed by atoms with Gasteiger partial charge < -0.3 is 10.1 Å². The van der Waals surface area contributed by atoms with E-state index in [1.807, 2.05) is 31.2 Å². The van der Waals surface area contributed by atoms with E-state index in [-0.39, 0.29) is 11.9 Å². The van der Waals surface area contributed by atoms with E-state index < -0.39 is 0 Å². The fourth-order valence-corrected chi connectivity index (χ4v) is 1.82. The molecule has 0 aliphatic carbocycles. The maximum Gasteiger partial charge on any atom is 0.226 e. The van der Waals surface area contributed by atoms with Crippen molar-refractivity contribution in [1.82, 2.24) is 15.5 Å². The van der Waals surface area contributed by atoms with E-state index in [2.05, 4.69) is 15.5 Å². The summed E-state index contributed by atoms with van der Waals surface area (Å²) < 4.78 is 5.10. The summed E-state index contributed by atoms with van der Waals surface area (Å²) in [7, 11) is 1.63. The van der Waals surface area contributed by atoms with Crippen LogP contribution >= 0.6 is 0 Å². The molecule has 1 heterocycles. The first-order valence-corrected chi connectivity index (χ1v) is 6.10. The van der Waals surface area contributed by atoms with Gasteiger partial charge in [-0.25, -0.2) is 0 Å². The molecular weight excluding hydrogens is 242 g/mol. The first-order valence-electron chi connectivity index (χ1n) is 6.10. The Morgan fingerprint density at radius 2 is 2.11 bits per heavy atom. The van der Waals surface area contributed by atoms with Gasteiger partial charge in [0, 0.05) is 11.9 Å². The predicted octanol–water partition coefficient (Wildman–Crippen LogP) is 1.84. The van der Waals surface area contributed by atoms with Gasteiger partial charge in [-0.3, -0.25) is 9.89 Å². The molecule has 2 N–H and O–H groups in total. The summed E-state index contributed by atoms with van der Waals surface area (Å²) >= 11 is 0. The topological polar surface area (TPSA) is 67.0 Å². The molecule has 100 valence electrons. The second-order valence-corrected chi connectivity index (χ2v) is 4.32. The van der Waals surface area contributed by atoms with E-state index in [1.54, 1.807) is 19.4 Å². The molecule has 0 aliphatic rings. The van der Waals surface area contributed by atoms with Crippen molar-refractivity contribution in [2.75, 3.05) is 7.11 Å². The lowest BCUT2D eigenvalue weighted by Crippen LogP contribution is -2.28. The number of methoxy groups -OCH3 is 1. The van der Waals surface area contributed by atoms with Crippen LogP contribution < -0.4 is 10.1 Å². The van der Waals surface area contributed by atoms with Gasteiger partial charge in [0.15, 0.2) is 0 Å². The van der Waals surface area contributed by atoms with Crippen LogP contribution in [0.3, 0.4) is 0 Å². The number of H-pyrrole nitrogens is 1. The minimum atomic E-state index is -0.0404. The van der Waals surface area contributed by atoms with Crippen molar-refractivity contribution in [2.45, 2.75) is 19.4 Å². The molecule has 0 saturated heterocycles. The number of carbonyl (C=O) groups is 1. The van der Waals surface area contributed by atoms with Crippen LogP contribution in [0, 0.1) is 0 Å². The van der Waals surface area contributed by atoms with Crippen LogP contribution in [0.2, 0.25) is 0 Å². The lowest BCUT2D eigenvalue weighted by Gasteiger charge is -2.14. The van der Waals surface area contributed by atoms with E-state index in [0.29, 0.717) is 6.42 Å². The summed E-state index contributed by atoms with van der Waals surface area (Å²) in [6.45, 7) is 1.95. The SMILES string of the molecule is COc1ccc(C(C)NC(=O)Cc2ccn[nH]2)cc1. The predicted molar refractivity (Wildman–Crippen MR) is 71.8 cm³/mol. The Labute approximate surface area is 112 Å². The third-order valence-corrected chi connectivity index (χ3v) is 2.90. The number of ether oxygens (including phenoxy) is 1. The smallest absolute Gasteiger partial charge is 0.226 e. The first kappa shape index (κ1) is 13.1. The van der Waals surface area contributed by atoms with E-state index in [4.69, 9.17) is 4.74 Å². The zero-order valence-electron chi connectivity index (χ0n) is 11.0. The number of nitrogens with one attached hydrogen (secondary N) is 2. The van der Waals surface area contributed by atoms with Crippen LogP contribution in [0.25, 0.3) is 0 Å². The zero-order valence-corrected chi connectivity index (χ0v) is 11.0. The minimum absolute atomic E-state index is 0.0347. The number of hydrogen-bond acceptors (Lipinski definition) is 3. The van der Waals surface area contributed by atoms with Crippen LogP contribution in [0.1, 0.15) is 24.2 Å². The molecule has 0 aliphatic heterocycles. The van der Waals surface area contributed by atoms with Crippen LogP contribution in [-0.2, 0) is 11.2 Å². The fraction of sp³-hybridized carbons (Fsp3) is 0.286. The van der Waals surface area contributed by atoms with Crippen molar-refractivity contribution in [3.05, 3.63) is 47.8 Å². The number of benzene rings is 1. The molecule has 5 nitrogen and oxygen atoms in total. The third-order valence-electron chi connectivity index (χ3n) is 2.90. The molecule has 1 amide bonds. The van der Waals surface area contributed by atoms with Crippen molar-refractivity contribution in [3.63, 3.8) is 0 Å². The summed E-state index contributed by atoms with van der Waals surface area (Å²) in [5.74, 6) is 0.771. The maximum absolute atomic E-state index is 11.8. The van der Waals surface area contributed by atoms with Gasteiger partial charge in [-0.15, -0.1) is 0 Å². The van der Waals surface area contributed by atoms with Crippen molar-refractivity contribution >= 4 is 5.91 Å². The molecule has 2 rings (SSSR count). The highest BCUT2D eigenvalue weighted by atomic mass is 16.5. The Balaban J connectivity index is 1.92. The minimum Gasteiger partial charge on any atom is -0.497 e. The molecule has 0 spiro atoms. The lowest BCUT2D eigenvalue weighted by atomic mass is 10.1. The molecule has 19 heavy (non-hydrogen) atoms. The maximum atomic E-state index is 11.8. The monoisotopic (exact) mass is 259 g/mol. The second-order valence-electron chi connectivity index (χ2n) is 4.32. The molecule has 1 atom stereocenters. The van der Waals surface area contributed by atoms with Crippen molar-refractivity contribution in [2.24, 2.45) is 0 Å². The van der Waals surface area contributed by atoms with Gasteiger partial charge in [-0.1, -0.05) is 12.1 Å². The van der Waals surface area contributed by atoms with Crippen LogP contribution in [0.5, 0.6) is 5.75 Å². The van der Waals surface area contributed by atoms with Crippen LogP contribution in [0.15, 0.2) is 36.5 Å². The van der Waals surface area contributed by atoms with Crippen molar-refractivity contribution < 1.29 is 9.53 Å². The molecule has 0 saturated carbocycles. The highest BCUT2D eigenvalue weighted by Gasteiger charge is 2.10. The van der Waals surface area contributed by atoms with E-state index in [9.17, 15) is 4.79 Å². The number of rotatable bonds is 5. The lowest BCUT2D eigenvalue weighted by molar-refractivity contribution is -0.121. The summed E-state index contributed by atoms with van der Waals surface area (Å²) in [6.07, 6.45) is 1.94. The molecule has 0 radical (unpaired) electrons. The quantitative estimate of drug-likeness (QED) is 0.861. The first-order chi connectivity index (χ1) is 9.19. The van der Waals surface area contributed by atoms with Gasteiger partial charge in [-0.2, -0.15) is 5.10 Å². The standard InChI is InChI=1S/C14H17N3O2/c1-10(11-3-5-13(19-2)6-4-11)16-14(18)9-12-7-8-15-17-12/h3-8,10H,9H2,1-2H3,(H,15,17)(H,16,18). The van der Waals surface area contributed by atoms with Crippen molar-refractivity contribution in [3.8, 4) is 5.75 Å². The summed E-state index contributed by atoms with van der Waals surface area (Å²) in [5, 5.41) is 9.53. The summed E-state index contributed by atoms with van der Waals surface area (Å²) in [5.41, 5.74) is 1.85. The Morgan fingerprint density at radius 1 is 1.37 bits per heavy atom. The Kier molecular flexibility index (Phi) is 4.18. The van der Waals surface area contributed by atoms with E-state index in [1.165, 1.54) is 0 Å². The summed E-state index contributed by atoms with van der Waals surface area (Å²) in [6, 6.07) is 9.40. The molecule has 0 fully saturated rings. The number of aromatic nitrogens is 2. The van der Waals surface area contributed by atoms with Gasteiger partial charge in [0.05, 0.1) is 19.6 Å². The molecule has 1 aromatic carbocycles. The summed E-state index contributed by atoms with van der Waals surface area (Å²) in [4.78, 5) is 11.8. The average molecular weight is 259 g/mol. The molecule has 0 bridgehead atoms. The second kappa shape index (κ2) is 6.04. The van der Waals surface area contributed by atoms with Gasteiger partial charge in [0.25, 0.3) is 0 Å². The Hall–Kier alpha value is -2.30. The van der Waals surface area contributed by atoms with Crippen molar-refractivity contribution in [1.29, 1.82) is 0 Å². The highest BCUT2D eigenvalue weighted by Crippen LogP contribution is 2.17. The normalized spacial score (nSPS) is 11.9. The third kappa shape index (κ3) is 3.58. The molecule has 2 aromatic rings. The van der Waals surface area contributed by atoms with Crippen LogP contribution in [-0.4, -0.2) is 23.2 Å². The number of aromatic amines is 1. The Morgan fingerprint density at radius 3 is 2.68 bits per heavy atom. The van der Waals surface area contributed by atoms with Gasteiger partial charge in [-0.05, 0) is 30.7 Å².